The summed E-state index contributed by atoms with van der Waals surface area (Å²) in [7, 11) is -3.52. The van der Waals surface area contributed by atoms with Gasteiger partial charge in [-0.2, -0.15) is 0 Å². The van der Waals surface area contributed by atoms with Gasteiger partial charge in [0.2, 0.25) is 0 Å². The van der Waals surface area contributed by atoms with E-state index in [4.69, 9.17) is 4.42 Å². The summed E-state index contributed by atoms with van der Waals surface area (Å²) in [6.45, 7) is 1.99. The van der Waals surface area contributed by atoms with Crippen LogP contribution in [0.25, 0.3) is 0 Å². The lowest BCUT2D eigenvalue weighted by Crippen LogP contribution is -2.35. The van der Waals surface area contributed by atoms with Crippen molar-refractivity contribution in [2.75, 3.05) is 4.90 Å². The van der Waals surface area contributed by atoms with Crippen LogP contribution in [0.5, 0.6) is 0 Å². The highest BCUT2D eigenvalue weighted by molar-refractivity contribution is 7.90. The number of benzene rings is 2. The third-order valence-electron chi connectivity index (χ3n) is 4.73. The maximum atomic E-state index is 13.0. The van der Waals surface area contributed by atoms with Crippen LogP contribution in [0.1, 0.15) is 28.8 Å². The van der Waals surface area contributed by atoms with Crippen LogP contribution in [0.4, 0.5) is 5.69 Å². The van der Waals surface area contributed by atoms with Gasteiger partial charge in [0, 0.05) is 11.7 Å². The average Bonchev–Trinajstić information content (AvgIpc) is 3.25. The van der Waals surface area contributed by atoms with Crippen molar-refractivity contribution in [3.8, 4) is 0 Å². The second kappa shape index (κ2) is 6.70. The van der Waals surface area contributed by atoms with E-state index in [1.807, 2.05) is 31.2 Å². The van der Waals surface area contributed by atoms with Crippen LogP contribution in [0.2, 0.25) is 0 Å². The molecule has 0 radical (unpaired) electrons. The minimum Gasteiger partial charge on any atom is -0.455 e. The number of anilines is 1. The Balaban J connectivity index is 1.57. The maximum absolute atomic E-state index is 13.0. The number of para-hydroxylation sites is 1. The van der Waals surface area contributed by atoms with Crippen LogP contribution in [0, 0.1) is 0 Å². The van der Waals surface area contributed by atoms with Crippen LogP contribution in [0.3, 0.4) is 0 Å². The number of sulfone groups is 1. The summed E-state index contributed by atoms with van der Waals surface area (Å²) >= 11 is 0. The second-order valence-corrected chi connectivity index (χ2v) is 8.68. The van der Waals surface area contributed by atoms with E-state index in [2.05, 4.69) is 0 Å². The number of furan rings is 1. The quantitative estimate of drug-likeness (QED) is 0.688. The summed E-state index contributed by atoms with van der Waals surface area (Å²) in [4.78, 5) is 14.9. The molecule has 0 spiro atoms. The zero-order valence-corrected chi connectivity index (χ0v) is 15.6. The summed E-state index contributed by atoms with van der Waals surface area (Å²) < 4.78 is 30.6. The van der Waals surface area contributed by atoms with E-state index >= 15 is 0 Å². The van der Waals surface area contributed by atoms with E-state index in [9.17, 15) is 13.2 Å². The van der Waals surface area contributed by atoms with Crippen molar-refractivity contribution in [3.63, 3.8) is 0 Å². The highest BCUT2D eigenvalue weighted by Crippen LogP contribution is 2.33. The molecule has 27 heavy (non-hydrogen) atoms. The number of rotatable bonds is 4. The fourth-order valence-corrected chi connectivity index (χ4v) is 4.73. The Hall–Kier alpha value is -2.86. The van der Waals surface area contributed by atoms with Crippen molar-refractivity contribution >= 4 is 21.4 Å². The van der Waals surface area contributed by atoms with Gasteiger partial charge in [-0.3, -0.25) is 4.79 Å². The zero-order chi connectivity index (χ0) is 19.0. The molecule has 1 amide bonds. The lowest BCUT2D eigenvalue weighted by molar-refractivity contribution is 0.0953. The third kappa shape index (κ3) is 3.28. The minimum absolute atomic E-state index is 0.0245. The molecule has 1 aromatic heterocycles. The van der Waals surface area contributed by atoms with Gasteiger partial charge in [0.25, 0.3) is 5.91 Å². The number of hydrogen-bond donors (Lipinski definition) is 0. The normalized spacial score (nSPS) is 16.3. The number of carbonyl (C=O) groups is 1. The highest BCUT2D eigenvalue weighted by atomic mass is 32.2. The first-order valence-corrected chi connectivity index (χ1v) is 10.4. The van der Waals surface area contributed by atoms with Crippen molar-refractivity contribution in [3.05, 3.63) is 83.8 Å². The smallest absolute Gasteiger partial charge is 0.294 e. The van der Waals surface area contributed by atoms with Gasteiger partial charge >= 0.3 is 0 Å². The molecule has 0 saturated carbocycles. The van der Waals surface area contributed by atoms with Crippen LogP contribution < -0.4 is 4.90 Å². The Kier molecular flexibility index (Phi) is 4.36. The molecule has 3 aromatic rings. The van der Waals surface area contributed by atoms with E-state index in [1.54, 1.807) is 47.4 Å². The fraction of sp³-hybridized carbons (Fsp3) is 0.190. The predicted octanol–water partition coefficient (Wildman–Crippen LogP) is 3.84. The molecule has 1 unspecified atom stereocenters. The Labute approximate surface area is 158 Å². The molecule has 6 heteroatoms. The number of hydrogen-bond acceptors (Lipinski definition) is 4. The SMILES string of the molecule is CC1Cc2ccccc2N1C(=O)c1ccc(CS(=O)(=O)c2ccccc2)o1. The second-order valence-electron chi connectivity index (χ2n) is 6.70. The molecule has 1 atom stereocenters. The Bertz CT molecular complexity index is 1090. The summed E-state index contributed by atoms with van der Waals surface area (Å²) in [5, 5.41) is 0. The molecular weight excluding hydrogens is 362 g/mol. The number of carbonyl (C=O) groups excluding carboxylic acids is 1. The highest BCUT2D eigenvalue weighted by Gasteiger charge is 2.33. The van der Waals surface area contributed by atoms with E-state index in [-0.39, 0.29) is 34.1 Å². The first-order chi connectivity index (χ1) is 13.0. The Morgan fingerprint density at radius 2 is 1.74 bits per heavy atom. The molecular formula is C21H19NO4S. The van der Waals surface area contributed by atoms with Gasteiger partial charge in [-0.25, -0.2) is 8.42 Å². The first kappa shape index (κ1) is 17.5. The van der Waals surface area contributed by atoms with Crippen molar-refractivity contribution in [1.29, 1.82) is 0 Å². The molecule has 5 nitrogen and oxygen atoms in total. The largest absolute Gasteiger partial charge is 0.455 e. The first-order valence-electron chi connectivity index (χ1n) is 8.74. The lowest BCUT2D eigenvalue weighted by Gasteiger charge is -2.21. The average molecular weight is 381 g/mol. The van der Waals surface area contributed by atoms with Crippen LogP contribution >= 0.6 is 0 Å². The Morgan fingerprint density at radius 1 is 1.04 bits per heavy atom. The molecule has 0 fully saturated rings. The Morgan fingerprint density at radius 3 is 2.52 bits per heavy atom. The summed E-state index contributed by atoms with van der Waals surface area (Å²) in [5.41, 5.74) is 2.00. The minimum atomic E-state index is -3.52. The van der Waals surface area contributed by atoms with Gasteiger partial charge in [0.05, 0.1) is 4.90 Å². The van der Waals surface area contributed by atoms with E-state index in [0.29, 0.717) is 0 Å². The van der Waals surface area contributed by atoms with Crippen molar-refractivity contribution in [2.45, 2.75) is 30.0 Å². The molecule has 2 heterocycles. The molecule has 1 aliphatic heterocycles. The molecule has 0 saturated heterocycles. The van der Waals surface area contributed by atoms with Crippen LogP contribution in [0.15, 0.2) is 76.0 Å². The van der Waals surface area contributed by atoms with Crippen molar-refractivity contribution in [2.24, 2.45) is 0 Å². The third-order valence-corrected chi connectivity index (χ3v) is 6.39. The molecule has 0 bridgehead atoms. The van der Waals surface area contributed by atoms with Gasteiger partial charge in [-0.1, -0.05) is 36.4 Å². The molecule has 0 N–H and O–H groups in total. The van der Waals surface area contributed by atoms with Gasteiger partial charge < -0.3 is 9.32 Å². The lowest BCUT2D eigenvalue weighted by atomic mass is 10.1. The van der Waals surface area contributed by atoms with Gasteiger partial charge in [-0.15, -0.1) is 0 Å². The van der Waals surface area contributed by atoms with E-state index in [0.717, 1.165) is 17.7 Å². The molecule has 1 aliphatic rings. The summed E-state index contributed by atoms with van der Waals surface area (Å²) in [6.07, 6.45) is 0.790. The molecule has 138 valence electrons. The van der Waals surface area contributed by atoms with Gasteiger partial charge in [0.15, 0.2) is 15.6 Å². The van der Waals surface area contributed by atoms with Crippen molar-refractivity contribution in [1.82, 2.24) is 0 Å². The topological polar surface area (TPSA) is 67.6 Å². The number of amides is 1. The van der Waals surface area contributed by atoms with Crippen LogP contribution in [-0.4, -0.2) is 20.4 Å². The maximum Gasteiger partial charge on any atom is 0.294 e. The van der Waals surface area contributed by atoms with E-state index in [1.165, 1.54) is 0 Å². The monoisotopic (exact) mass is 381 g/mol. The van der Waals surface area contributed by atoms with Crippen LogP contribution in [-0.2, 0) is 22.0 Å². The van der Waals surface area contributed by atoms with Gasteiger partial charge in [0.1, 0.15) is 11.5 Å². The zero-order valence-electron chi connectivity index (χ0n) is 14.8. The predicted molar refractivity (Wildman–Crippen MR) is 102 cm³/mol. The van der Waals surface area contributed by atoms with Gasteiger partial charge in [-0.05, 0) is 49.2 Å². The standard InChI is InChI=1S/C21H19NO4S/c1-15-13-16-7-5-6-10-19(16)22(15)21(23)20-12-11-17(26-20)14-27(24,25)18-8-3-2-4-9-18/h2-12,15H,13-14H2,1H3. The summed E-state index contributed by atoms with van der Waals surface area (Å²) in [6, 6.07) is 19.1. The van der Waals surface area contributed by atoms with Crippen molar-refractivity contribution < 1.29 is 17.6 Å². The number of fused-ring (bicyclic) bond motifs is 1. The molecule has 4 rings (SSSR count). The van der Waals surface area contributed by atoms with E-state index < -0.39 is 9.84 Å². The fourth-order valence-electron chi connectivity index (χ4n) is 3.46. The summed E-state index contributed by atoms with van der Waals surface area (Å²) in [5.74, 6) is -0.133. The molecule has 2 aromatic carbocycles. The molecule has 0 aliphatic carbocycles. The number of nitrogens with zero attached hydrogens (tertiary/aromatic N) is 1.